The fraction of sp³-hybridized carbons (Fsp3) is 0. The Morgan fingerprint density at radius 2 is 1.74 bits per heavy atom. The van der Waals surface area contributed by atoms with E-state index in [1.807, 2.05) is 41.0 Å². The summed E-state index contributed by atoms with van der Waals surface area (Å²) in [6, 6.07) is 11.2. The van der Waals surface area contributed by atoms with Crippen LogP contribution in [0.5, 0.6) is 0 Å². The molecule has 3 aromatic rings. The topological polar surface area (TPSA) is 20.7 Å². The molecule has 6 heteroatoms. The van der Waals surface area contributed by atoms with Gasteiger partial charge < -0.3 is 4.98 Å². The van der Waals surface area contributed by atoms with Crippen LogP contribution in [0, 0.1) is 4.77 Å². The van der Waals surface area contributed by atoms with E-state index in [9.17, 15) is 0 Å². The second-order valence-electron chi connectivity index (χ2n) is 4.02. The number of aromatic amines is 1. The van der Waals surface area contributed by atoms with Gasteiger partial charge in [0.25, 0.3) is 0 Å². The lowest BCUT2D eigenvalue weighted by atomic mass is 10.3. The Morgan fingerprint density at radius 1 is 1.05 bits per heavy atom. The first-order valence-electron chi connectivity index (χ1n) is 5.42. The number of nitrogens with zero attached hydrogens (tertiary/aromatic N) is 1. The van der Waals surface area contributed by atoms with Gasteiger partial charge in [-0.05, 0) is 64.5 Å². The summed E-state index contributed by atoms with van der Waals surface area (Å²) in [5.74, 6) is 0. The monoisotopic (exact) mass is 372 g/mol. The molecule has 2 aromatic carbocycles. The van der Waals surface area contributed by atoms with Crippen LogP contribution >= 0.6 is 51.3 Å². The van der Waals surface area contributed by atoms with Crippen LogP contribution in [0.3, 0.4) is 0 Å². The predicted octanol–water partition coefficient (Wildman–Crippen LogP) is 5.76. The molecule has 0 aliphatic heterocycles. The highest BCUT2D eigenvalue weighted by Gasteiger charge is 2.10. The highest BCUT2D eigenvalue weighted by atomic mass is 79.9. The minimum absolute atomic E-state index is 0.597. The zero-order valence-electron chi connectivity index (χ0n) is 9.45. The molecule has 0 aliphatic rings. The fourth-order valence-corrected chi connectivity index (χ4v) is 3.04. The maximum Gasteiger partial charge on any atom is 0.182 e. The van der Waals surface area contributed by atoms with Crippen LogP contribution in [-0.4, -0.2) is 9.55 Å². The number of benzene rings is 2. The first-order chi connectivity index (χ1) is 9.06. The first kappa shape index (κ1) is 13.2. The van der Waals surface area contributed by atoms with Crippen molar-refractivity contribution in [3.05, 3.63) is 55.7 Å². The van der Waals surface area contributed by atoms with E-state index in [1.165, 1.54) is 0 Å². The zero-order chi connectivity index (χ0) is 13.6. The van der Waals surface area contributed by atoms with Crippen molar-refractivity contribution in [1.82, 2.24) is 9.55 Å². The van der Waals surface area contributed by atoms with E-state index >= 15 is 0 Å². The number of H-pyrrole nitrogens is 1. The molecular formula is C13H7BrCl2N2S. The molecule has 0 aliphatic carbocycles. The van der Waals surface area contributed by atoms with Crippen molar-refractivity contribution < 1.29 is 0 Å². The molecule has 0 amide bonds. The highest BCUT2D eigenvalue weighted by molar-refractivity contribution is 9.10. The van der Waals surface area contributed by atoms with E-state index in [0.717, 1.165) is 21.2 Å². The fourth-order valence-electron chi connectivity index (χ4n) is 1.97. The van der Waals surface area contributed by atoms with Crippen LogP contribution in [0.25, 0.3) is 16.7 Å². The van der Waals surface area contributed by atoms with E-state index in [4.69, 9.17) is 35.4 Å². The molecule has 19 heavy (non-hydrogen) atoms. The Morgan fingerprint density at radius 3 is 2.53 bits per heavy atom. The molecule has 1 N–H and O–H groups in total. The van der Waals surface area contributed by atoms with Gasteiger partial charge in [-0.25, -0.2) is 0 Å². The SMILES string of the molecule is S=c1[nH]c2ccc(Cl)cc2n1-c1cc(Cl)ccc1Br. The van der Waals surface area contributed by atoms with Crippen LogP contribution in [0.2, 0.25) is 10.0 Å². The van der Waals surface area contributed by atoms with Gasteiger partial charge in [-0.15, -0.1) is 0 Å². The molecule has 3 rings (SSSR count). The van der Waals surface area contributed by atoms with Gasteiger partial charge in [-0.1, -0.05) is 23.2 Å². The highest BCUT2D eigenvalue weighted by Crippen LogP contribution is 2.29. The first-order valence-corrected chi connectivity index (χ1v) is 7.38. The standard InChI is InChI=1S/C13H7BrCl2N2S/c14-9-3-1-7(15)5-11(9)18-12-6-8(16)2-4-10(12)17-13(18)19/h1-6H,(H,17,19). The molecule has 96 valence electrons. The van der Waals surface area contributed by atoms with E-state index < -0.39 is 0 Å². The lowest BCUT2D eigenvalue weighted by molar-refractivity contribution is 1.06. The number of imidazole rings is 1. The number of aromatic nitrogens is 2. The molecule has 1 aromatic heterocycles. The van der Waals surface area contributed by atoms with E-state index in [2.05, 4.69) is 20.9 Å². The summed E-state index contributed by atoms with van der Waals surface area (Å²) in [4.78, 5) is 3.15. The third-order valence-corrected chi connectivity index (χ3v) is 4.22. The Balaban J connectivity index is 2.42. The third-order valence-electron chi connectivity index (χ3n) is 2.79. The minimum atomic E-state index is 0.597. The number of halogens is 3. The van der Waals surface area contributed by atoms with Crippen molar-refractivity contribution in [1.29, 1.82) is 0 Å². The van der Waals surface area contributed by atoms with E-state index in [1.54, 1.807) is 0 Å². The molecule has 0 fully saturated rings. The Labute approximate surface area is 133 Å². The van der Waals surface area contributed by atoms with Gasteiger partial charge in [0.15, 0.2) is 4.77 Å². The molecule has 2 nitrogen and oxygen atoms in total. The van der Waals surface area contributed by atoms with Crippen LogP contribution in [0.15, 0.2) is 40.9 Å². The average molecular weight is 374 g/mol. The molecule has 0 saturated heterocycles. The van der Waals surface area contributed by atoms with Crippen LogP contribution < -0.4 is 0 Å². The summed E-state index contributed by atoms with van der Waals surface area (Å²) in [6.07, 6.45) is 0. The Kier molecular flexibility index (Phi) is 3.43. The maximum atomic E-state index is 6.06. The summed E-state index contributed by atoms with van der Waals surface area (Å²) in [5.41, 5.74) is 2.73. The predicted molar refractivity (Wildman–Crippen MR) is 86.2 cm³/mol. The summed E-state index contributed by atoms with van der Waals surface area (Å²) in [5, 5.41) is 1.31. The lowest BCUT2D eigenvalue weighted by Crippen LogP contribution is -1.95. The van der Waals surface area contributed by atoms with E-state index in [0.29, 0.717) is 14.8 Å². The maximum absolute atomic E-state index is 6.06. The van der Waals surface area contributed by atoms with Crippen LogP contribution in [-0.2, 0) is 0 Å². The Hall–Kier alpha value is -0.810. The van der Waals surface area contributed by atoms with Crippen molar-refractivity contribution >= 4 is 62.4 Å². The van der Waals surface area contributed by atoms with Gasteiger partial charge >= 0.3 is 0 Å². The van der Waals surface area contributed by atoms with Gasteiger partial charge in [-0.3, -0.25) is 4.57 Å². The number of fused-ring (bicyclic) bond motifs is 1. The molecule has 1 heterocycles. The van der Waals surface area contributed by atoms with E-state index in [-0.39, 0.29) is 0 Å². The number of nitrogens with one attached hydrogen (secondary N) is 1. The van der Waals surface area contributed by atoms with Crippen molar-refractivity contribution in [2.45, 2.75) is 0 Å². The molecule has 0 bridgehead atoms. The van der Waals surface area contributed by atoms with Crippen molar-refractivity contribution in [3.63, 3.8) is 0 Å². The quantitative estimate of drug-likeness (QED) is 0.538. The molecule has 0 unspecified atom stereocenters. The second kappa shape index (κ2) is 4.94. The van der Waals surface area contributed by atoms with Gasteiger partial charge in [0, 0.05) is 14.5 Å². The molecule has 0 saturated carbocycles. The van der Waals surface area contributed by atoms with Crippen molar-refractivity contribution in [2.75, 3.05) is 0 Å². The Bertz CT molecular complexity index is 838. The van der Waals surface area contributed by atoms with Crippen LogP contribution in [0.1, 0.15) is 0 Å². The largest absolute Gasteiger partial charge is 0.330 e. The number of rotatable bonds is 1. The normalized spacial score (nSPS) is 11.1. The molecule has 0 radical (unpaired) electrons. The smallest absolute Gasteiger partial charge is 0.182 e. The minimum Gasteiger partial charge on any atom is -0.330 e. The second-order valence-corrected chi connectivity index (χ2v) is 6.14. The number of hydrogen-bond acceptors (Lipinski definition) is 1. The molecule has 0 atom stereocenters. The lowest BCUT2D eigenvalue weighted by Gasteiger charge is -2.08. The van der Waals surface area contributed by atoms with Gasteiger partial charge in [0.1, 0.15) is 0 Å². The van der Waals surface area contributed by atoms with Gasteiger partial charge in [-0.2, -0.15) is 0 Å². The summed E-state index contributed by atoms with van der Waals surface area (Å²) in [7, 11) is 0. The zero-order valence-corrected chi connectivity index (χ0v) is 13.4. The van der Waals surface area contributed by atoms with Crippen LogP contribution in [0.4, 0.5) is 0 Å². The summed E-state index contributed by atoms with van der Waals surface area (Å²) >= 11 is 21.0. The van der Waals surface area contributed by atoms with Crippen molar-refractivity contribution in [2.24, 2.45) is 0 Å². The van der Waals surface area contributed by atoms with Crippen molar-refractivity contribution in [3.8, 4) is 5.69 Å². The van der Waals surface area contributed by atoms with Gasteiger partial charge in [0.2, 0.25) is 0 Å². The summed E-state index contributed by atoms with van der Waals surface area (Å²) in [6.45, 7) is 0. The average Bonchev–Trinajstić information content (AvgIpc) is 2.68. The molecular weight excluding hydrogens is 367 g/mol. The summed E-state index contributed by atoms with van der Waals surface area (Å²) < 4.78 is 3.42. The number of hydrogen-bond donors (Lipinski definition) is 1. The van der Waals surface area contributed by atoms with Gasteiger partial charge in [0.05, 0.1) is 16.7 Å². The molecule has 0 spiro atoms. The third kappa shape index (κ3) is 2.34.